The molecule has 2 aromatic carbocycles. The van der Waals surface area contributed by atoms with E-state index >= 15 is 0 Å². The van der Waals surface area contributed by atoms with Crippen molar-refractivity contribution in [2.75, 3.05) is 20.6 Å². The van der Waals surface area contributed by atoms with Crippen molar-refractivity contribution in [3.05, 3.63) is 63.6 Å². The second-order valence-electron chi connectivity index (χ2n) is 7.97. The predicted molar refractivity (Wildman–Crippen MR) is 119 cm³/mol. The van der Waals surface area contributed by atoms with E-state index in [-0.39, 0.29) is 16.2 Å². The fourth-order valence-electron chi connectivity index (χ4n) is 3.98. The number of halogens is 1. The third kappa shape index (κ3) is 4.57. The number of carbonyl (C=O) groups excluding carboxylic acids is 1. The van der Waals surface area contributed by atoms with E-state index in [4.69, 9.17) is 0 Å². The molecule has 0 radical (unpaired) electrons. The van der Waals surface area contributed by atoms with Crippen LogP contribution in [0.4, 0.5) is 0 Å². The van der Waals surface area contributed by atoms with Crippen LogP contribution in [-0.2, 0) is 15.4 Å². The minimum Gasteiger partial charge on any atom is -0.351 e. The van der Waals surface area contributed by atoms with Gasteiger partial charge in [-0.3, -0.25) is 4.79 Å². The average molecular weight is 479 g/mol. The summed E-state index contributed by atoms with van der Waals surface area (Å²) < 4.78 is 26.6. The van der Waals surface area contributed by atoms with Gasteiger partial charge in [0.25, 0.3) is 5.91 Å². The normalized spacial score (nSPS) is 16.2. The zero-order valence-electron chi connectivity index (χ0n) is 17.0. The van der Waals surface area contributed by atoms with Gasteiger partial charge in [0.2, 0.25) is 10.0 Å². The summed E-state index contributed by atoms with van der Waals surface area (Å²) in [5.41, 5.74) is 2.76. The van der Waals surface area contributed by atoms with Gasteiger partial charge in [0.1, 0.15) is 0 Å². The summed E-state index contributed by atoms with van der Waals surface area (Å²) in [6.45, 7) is 2.63. The van der Waals surface area contributed by atoms with Crippen molar-refractivity contribution in [1.82, 2.24) is 9.62 Å². The Hall–Kier alpha value is -1.70. The van der Waals surface area contributed by atoms with Crippen molar-refractivity contribution in [2.45, 2.75) is 42.9 Å². The molecule has 0 saturated heterocycles. The number of hydrogen-bond donors (Lipinski definition) is 1. The monoisotopic (exact) mass is 478 g/mol. The fraction of sp³-hybridized carbons (Fsp3) is 0.409. The summed E-state index contributed by atoms with van der Waals surface area (Å²) in [6.07, 6.45) is 4.37. The SMILES string of the molecule is Cc1cccc(C2(CNC(=O)c3ccc(Br)c(S(=O)(=O)N(C)C)c3)CCCC2)c1. The maximum atomic E-state index is 12.9. The summed E-state index contributed by atoms with van der Waals surface area (Å²) >= 11 is 3.28. The van der Waals surface area contributed by atoms with Crippen molar-refractivity contribution < 1.29 is 13.2 Å². The molecule has 0 bridgehead atoms. The molecule has 0 atom stereocenters. The first-order chi connectivity index (χ1) is 13.7. The third-order valence-corrected chi connectivity index (χ3v) is 8.54. The zero-order chi connectivity index (χ0) is 21.2. The van der Waals surface area contributed by atoms with Crippen LogP contribution >= 0.6 is 15.9 Å². The van der Waals surface area contributed by atoms with Gasteiger partial charge >= 0.3 is 0 Å². The molecular weight excluding hydrogens is 452 g/mol. The predicted octanol–water partition coefficient (Wildman–Crippen LogP) is 4.25. The van der Waals surface area contributed by atoms with Gasteiger partial charge in [-0.05, 0) is 59.5 Å². The lowest BCUT2D eigenvalue weighted by molar-refractivity contribution is 0.0943. The van der Waals surface area contributed by atoms with Crippen LogP contribution in [0.25, 0.3) is 0 Å². The van der Waals surface area contributed by atoms with E-state index in [1.165, 1.54) is 31.3 Å². The Balaban J connectivity index is 1.83. The molecule has 1 N–H and O–H groups in total. The van der Waals surface area contributed by atoms with Gasteiger partial charge in [0.05, 0.1) is 4.90 Å². The molecule has 0 spiro atoms. The molecule has 0 aromatic heterocycles. The number of rotatable bonds is 6. The summed E-state index contributed by atoms with van der Waals surface area (Å²) in [5.74, 6) is -0.258. The van der Waals surface area contributed by atoms with Crippen LogP contribution in [-0.4, -0.2) is 39.3 Å². The van der Waals surface area contributed by atoms with E-state index in [0.717, 1.165) is 30.0 Å². The summed E-state index contributed by atoms with van der Waals surface area (Å²) in [5, 5.41) is 3.06. The Bertz CT molecular complexity index is 1010. The lowest BCUT2D eigenvalue weighted by Crippen LogP contribution is -2.39. The minimum atomic E-state index is -3.65. The van der Waals surface area contributed by atoms with Gasteiger partial charge < -0.3 is 5.32 Å². The first kappa shape index (κ1) is 22.0. The smallest absolute Gasteiger partial charge is 0.251 e. The average Bonchev–Trinajstić information content (AvgIpc) is 3.16. The van der Waals surface area contributed by atoms with Gasteiger partial charge in [-0.2, -0.15) is 0 Å². The first-order valence-corrected chi connectivity index (χ1v) is 12.0. The van der Waals surface area contributed by atoms with E-state index in [2.05, 4.69) is 52.4 Å². The topological polar surface area (TPSA) is 66.5 Å². The highest BCUT2D eigenvalue weighted by Gasteiger charge is 2.36. The summed E-state index contributed by atoms with van der Waals surface area (Å²) in [4.78, 5) is 13.0. The van der Waals surface area contributed by atoms with E-state index in [1.807, 2.05) is 0 Å². The summed E-state index contributed by atoms with van der Waals surface area (Å²) in [7, 11) is -0.703. The highest BCUT2D eigenvalue weighted by Crippen LogP contribution is 2.41. The van der Waals surface area contributed by atoms with Crippen LogP contribution in [0.3, 0.4) is 0 Å². The van der Waals surface area contributed by atoms with E-state index < -0.39 is 10.0 Å². The molecule has 0 aliphatic heterocycles. The van der Waals surface area contributed by atoms with E-state index in [1.54, 1.807) is 12.1 Å². The Morgan fingerprint density at radius 2 is 1.83 bits per heavy atom. The van der Waals surface area contributed by atoms with Gasteiger partial charge in [0, 0.05) is 36.1 Å². The molecule has 1 saturated carbocycles. The van der Waals surface area contributed by atoms with Crippen molar-refractivity contribution in [3.63, 3.8) is 0 Å². The highest BCUT2D eigenvalue weighted by molar-refractivity contribution is 9.10. The van der Waals surface area contributed by atoms with Crippen LogP contribution < -0.4 is 5.32 Å². The maximum absolute atomic E-state index is 12.9. The molecule has 1 aliphatic rings. The second kappa shape index (κ2) is 8.58. The van der Waals surface area contributed by atoms with Crippen molar-refractivity contribution in [3.8, 4) is 0 Å². The van der Waals surface area contributed by atoms with Crippen LogP contribution in [0.1, 0.15) is 47.2 Å². The molecular formula is C22H27BrN2O3S. The van der Waals surface area contributed by atoms with Gasteiger partial charge in [0.15, 0.2) is 0 Å². The largest absolute Gasteiger partial charge is 0.351 e. The number of benzene rings is 2. The zero-order valence-corrected chi connectivity index (χ0v) is 19.4. The lowest BCUT2D eigenvalue weighted by Gasteiger charge is -2.30. The number of sulfonamides is 1. The van der Waals surface area contributed by atoms with Crippen molar-refractivity contribution >= 4 is 31.9 Å². The number of nitrogens with one attached hydrogen (secondary N) is 1. The van der Waals surface area contributed by atoms with Crippen molar-refractivity contribution in [2.24, 2.45) is 0 Å². The number of aryl methyl sites for hydroxylation is 1. The van der Waals surface area contributed by atoms with Crippen LogP contribution in [0, 0.1) is 6.92 Å². The van der Waals surface area contributed by atoms with Gasteiger partial charge in [-0.15, -0.1) is 0 Å². The Morgan fingerprint density at radius 3 is 2.45 bits per heavy atom. The summed E-state index contributed by atoms with van der Waals surface area (Å²) in [6, 6.07) is 13.2. The van der Waals surface area contributed by atoms with Gasteiger partial charge in [-0.25, -0.2) is 12.7 Å². The van der Waals surface area contributed by atoms with E-state index in [0.29, 0.717) is 16.6 Å². The van der Waals surface area contributed by atoms with Crippen LogP contribution in [0.5, 0.6) is 0 Å². The fourth-order valence-corrected chi connectivity index (χ4v) is 5.83. The van der Waals surface area contributed by atoms with Crippen LogP contribution in [0.15, 0.2) is 51.8 Å². The first-order valence-electron chi connectivity index (χ1n) is 9.73. The number of amides is 1. The number of nitrogens with zero attached hydrogens (tertiary/aromatic N) is 1. The van der Waals surface area contributed by atoms with E-state index in [9.17, 15) is 13.2 Å². The number of carbonyl (C=O) groups is 1. The Labute approximate surface area is 181 Å². The molecule has 1 fully saturated rings. The number of hydrogen-bond acceptors (Lipinski definition) is 3. The quantitative estimate of drug-likeness (QED) is 0.674. The minimum absolute atomic E-state index is 0.0599. The standard InChI is InChI=1S/C22H27BrN2O3S/c1-16-7-6-8-18(13-16)22(11-4-5-12-22)15-24-21(26)17-9-10-19(23)20(14-17)29(27,28)25(2)3/h6-10,13-14H,4-5,11-12,15H2,1-3H3,(H,24,26). The third-order valence-electron chi connectivity index (χ3n) is 5.73. The molecule has 3 rings (SSSR count). The molecule has 156 valence electrons. The Morgan fingerprint density at radius 1 is 1.14 bits per heavy atom. The lowest BCUT2D eigenvalue weighted by atomic mass is 9.78. The highest BCUT2D eigenvalue weighted by atomic mass is 79.9. The van der Waals surface area contributed by atoms with Gasteiger partial charge in [-0.1, -0.05) is 42.7 Å². The Kier molecular flexibility index (Phi) is 6.51. The van der Waals surface area contributed by atoms with Crippen molar-refractivity contribution in [1.29, 1.82) is 0 Å². The molecule has 0 unspecified atom stereocenters. The molecule has 29 heavy (non-hydrogen) atoms. The van der Waals surface area contributed by atoms with Crippen LogP contribution in [0.2, 0.25) is 0 Å². The second-order valence-corrected chi connectivity index (χ2v) is 10.9. The molecule has 2 aromatic rings. The molecule has 1 aliphatic carbocycles. The molecule has 1 amide bonds. The molecule has 7 heteroatoms. The maximum Gasteiger partial charge on any atom is 0.251 e. The molecule has 0 heterocycles. The molecule has 5 nitrogen and oxygen atoms in total.